The Balaban J connectivity index is 2.25. The maximum Gasteiger partial charge on any atom is 0.0568 e. The monoisotopic (exact) mass is 275 g/mol. The van der Waals surface area contributed by atoms with E-state index in [4.69, 9.17) is 5.73 Å². The SMILES string of the molecule is NC(I)CCCc1ccccc1. The molecule has 1 atom stereocenters. The second kappa shape index (κ2) is 5.54. The molecule has 2 N–H and O–H groups in total. The van der Waals surface area contributed by atoms with Gasteiger partial charge in [-0.05, 0) is 24.8 Å². The summed E-state index contributed by atoms with van der Waals surface area (Å²) in [5, 5.41) is 0. The van der Waals surface area contributed by atoms with Crippen LogP contribution in [-0.2, 0) is 6.42 Å². The van der Waals surface area contributed by atoms with E-state index in [-0.39, 0.29) is 0 Å². The Bertz CT molecular complexity index is 208. The molecule has 1 nitrogen and oxygen atoms in total. The van der Waals surface area contributed by atoms with E-state index in [1.54, 1.807) is 0 Å². The van der Waals surface area contributed by atoms with Gasteiger partial charge in [-0.2, -0.15) is 0 Å². The molecular formula is C10H14IN. The summed E-state index contributed by atoms with van der Waals surface area (Å²) in [7, 11) is 0. The van der Waals surface area contributed by atoms with Gasteiger partial charge in [-0.1, -0.05) is 52.9 Å². The first-order valence-corrected chi connectivity index (χ1v) is 5.47. The van der Waals surface area contributed by atoms with Crippen molar-refractivity contribution in [2.75, 3.05) is 0 Å². The molecule has 0 amide bonds. The minimum absolute atomic E-state index is 0.311. The molecular weight excluding hydrogens is 261 g/mol. The molecule has 0 radical (unpaired) electrons. The summed E-state index contributed by atoms with van der Waals surface area (Å²) >= 11 is 2.26. The van der Waals surface area contributed by atoms with Crippen LogP contribution in [0.2, 0.25) is 0 Å². The van der Waals surface area contributed by atoms with Gasteiger partial charge in [0, 0.05) is 0 Å². The van der Waals surface area contributed by atoms with Crippen molar-refractivity contribution in [3.63, 3.8) is 0 Å². The van der Waals surface area contributed by atoms with Gasteiger partial charge in [0.05, 0.1) is 4.05 Å². The number of halogens is 1. The molecule has 2 heteroatoms. The number of rotatable bonds is 4. The Morgan fingerprint density at radius 1 is 1.25 bits per heavy atom. The van der Waals surface area contributed by atoms with Gasteiger partial charge in [0.25, 0.3) is 0 Å². The zero-order chi connectivity index (χ0) is 8.81. The van der Waals surface area contributed by atoms with Crippen LogP contribution in [0.15, 0.2) is 30.3 Å². The zero-order valence-corrected chi connectivity index (χ0v) is 9.20. The Kier molecular flexibility index (Phi) is 4.61. The second-order valence-electron chi connectivity index (χ2n) is 2.89. The summed E-state index contributed by atoms with van der Waals surface area (Å²) in [6.07, 6.45) is 3.45. The van der Waals surface area contributed by atoms with E-state index in [9.17, 15) is 0 Å². The number of aryl methyl sites for hydroxylation is 1. The molecule has 1 aromatic rings. The van der Waals surface area contributed by atoms with Crippen molar-refractivity contribution in [1.29, 1.82) is 0 Å². The molecule has 12 heavy (non-hydrogen) atoms. The van der Waals surface area contributed by atoms with Gasteiger partial charge >= 0.3 is 0 Å². The molecule has 0 saturated carbocycles. The van der Waals surface area contributed by atoms with Crippen LogP contribution in [0.3, 0.4) is 0 Å². The van der Waals surface area contributed by atoms with Crippen molar-refractivity contribution < 1.29 is 0 Å². The highest BCUT2D eigenvalue weighted by molar-refractivity contribution is 14.1. The van der Waals surface area contributed by atoms with Crippen LogP contribution in [0.1, 0.15) is 18.4 Å². The first kappa shape index (κ1) is 9.99. The quantitative estimate of drug-likeness (QED) is 0.510. The minimum Gasteiger partial charge on any atom is -0.320 e. The van der Waals surface area contributed by atoms with Gasteiger partial charge < -0.3 is 5.73 Å². The number of hydrogen-bond acceptors (Lipinski definition) is 1. The summed E-state index contributed by atoms with van der Waals surface area (Å²) in [5.41, 5.74) is 7.05. The molecule has 0 aliphatic carbocycles. The molecule has 0 aromatic heterocycles. The number of nitrogens with two attached hydrogens (primary N) is 1. The molecule has 0 bridgehead atoms. The fourth-order valence-electron chi connectivity index (χ4n) is 1.15. The molecule has 0 fully saturated rings. The molecule has 1 aromatic carbocycles. The Labute approximate surface area is 87.5 Å². The maximum absolute atomic E-state index is 5.64. The van der Waals surface area contributed by atoms with Crippen molar-refractivity contribution in [3.05, 3.63) is 35.9 Å². The Morgan fingerprint density at radius 2 is 1.92 bits per heavy atom. The van der Waals surface area contributed by atoms with E-state index in [0.717, 1.165) is 12.8 Å². The molecule has 66 valence electrons. The largest absolute Gasteiger partial charge is 0.320 e. The van der Waals surface area contributed by atoms with Crippen LogP contribution < -0.4 is 5.73 Å². The maximum atomic E-state index is 5.64. The normalized spacial score (nSPS) is 12.8. The minimum atomic E-state index is 0.311. The first-order valence-electron chi connectivity index (χ1n) is 4.22. The summed E-state index contributed by atoms with van der Waals surface area (Å²) in [6.45, 7) is 0. The van der Waals surface area contributed by atoms with Crippen molar-refractivity contribution in [2.24, 2.45) is 5.73 Å². The third kappa shape index (κ3) is 4.07. The second-order valence-corrected chi connectivity index (χ2v) is 4.49. The number of alkyl halides is 1. The van der Waals surface area contributed by atoms with Gasteiger partial charge in [0.15, 0.2) is 0 Å². The summed E-state index contributed by atoms with van der Waals surface area (Å²) in [6, 6.07) is 10.5. The molecule has 0 saturated heterocycles. The van der Waals surface area contributed by atoms with E-state index in [0.29, 0.717) is 4.05 Å². The third-order valence-electron chi connectivity index (χ3n) is 1.79. The topological polar surface area (TPSA) is 26.0 Å². The van der Waals surface area contributed by atoms with Gasteiger partial charge in [0.2, 0.25) is 0 Å². The highest BCUT2D eigenvalue weighted by Crippen LogP contribution is 2.07. The summed E-state index contributed by atoms with van der Waals surface area (Å²) in [5.74, 6) is 0. The molecule has 0 heterocycles. The van der Waals surface area contributed by atoms with Gasteiger partial charge in [-0.15, -0.1) is 0 Å². The highest BCUT2D eigenvalue weighted by atomic mass is 127. The molecule has 1 rings (SSSR count). The molecule has 1 unspecified atom stereocenters. The predicted octanol–water partition coefficient (Wildman–Crippen LogP) is 2.73. The number of hydrogen-bond donors (Lipinski definition) is 1. The standard InChI is InChI=1S/C10H14IN/c11-10(12)8-4-7-9-5-2-1-3-6-9/h1-3,5-6,10H,4,7-8,12H2. The molecule has 0 aliphatic heterocycles. The van der Waals surface area contributed by atoms with E-state index in [1.165, 1.54) is 12.0 Å². The average molecular weight is 275 g/mol. The fourth-order valence-corrected chi connectivity index (χ4v) is 1.59. The van der Waals surface area contributed by atoms with Crippen molar-refractivity contribution in [1.82, 2.24) is 0 Å². The average Bonchev–Trinajstić information content (AvgIpc) is 2.05. The lowest BCUT2D eigenvalue weighted by atomic mass is 10.1. The van der Waals surface area contributed by atoms with E-state index in [1.807, 2.05) is 6.07 Å². The zero-order valence-electron chi connectivity index (χ0n) is 7.04. The molecule has 0 spiro atoms. The lowest BCUT2D eigenvalue weighted by Gasteiger charge is -2.02. The van der Waals surface area contributed by atoms with Crippen LogP contribution >= 0.6 is 22.6 Å². The van der Waals surface area contributed by atoms with Crippen LogP contribution in [0, 0.1) is 0 Å². The number of benzene rings is 1. The van der Waals surface area contributed by atoms with Gasteiger partial charge in [-0.25, -0.2) is 0 Å². The predicted molar refractivity (Wildman–Crippen MR) is 61.4 cm³/mol. The fraction of sp³-hybridized carbons (Fsp3) is 0.400. The van der Waals surface area contributed by atoms with E-state index < -0.39 is 0 Å². The van der Waals surface area contributed by atoms with Crippen molar-refractivity contribution >= 4 is 22.6 Å². The molecule has 0 aliphatic rings. The highest BCUT2D eigenvalue weighted by Gasteiger charge is 1.96. The van der Waals surface area contributed by atoms with Crippen LogP contribution in [-0.4, -0.2) is 4.05 Å². The van der Waals surface area contributed by atoms with E-state index >= 15 is 0 Å². The van der Waals surface area contributed by atoms with Crippen molar-refractivity contribution in [2.45, 2.75) is 23.3 Å². The smallest absolute Gasteiger partial charge is 0.0568 e. The van der Waals surface area contributed by atoms with E-state index in [2.05, 4.69) is 46.9 Å². The summed E-state index contributed by atoms with van der Waals surface area (Å²) in [4.78, 5) is 0. The van der Waals surface area contributed by atoms with Crippen LogP contribution in [0.25, 0.3) is 0 Å². The first-order chi connectivity index (χ1) is 5.79. The summed E-state index contributed by atoms with van der Waals surface area (Å²) < 4.78 is 0.311. The van der Waals surface area contributed by atoms with Crippen LogP contribution in [0.4, 0.5) is 0 Å². The van der Waals surface area contributed by atoms with Gasteiger partial charge in [-0.3, -0.25) is 0 Å². The van der Waals surface area contributed by atoms with Gasteiger partial charge in [0.1, 0.15) is 0 Å². The Morgan fingerprint density at radius 3 is 2.50 bits per heavy atom. The Hall–Kier alpha value is -0.0900. The third-order valence-corrected chi connectivity index (χ3v) is 2.41. The lowest BCUT2D eigenvalue weighted by molar-refractivity contribution is 0.729. The van der Waals surface area contributed by atoms with Crippen molar-refractivity contribution in [3.8, 4) is 0 Å². The van der Waals surface area contributed by atoms with Crippen LogP contribution in [0.5, 0.6) is 0 Å². The lowest BCUT2D eigenvalue weighted by Crippen LogP contribution is -2.10.